The lowest BCUT2D eigenvalue weighted by Crippen LogP contribution is -2.47. The number of anilines is 2. The summed E-state index contributed by atoms with van der Waals surface area (Å²) in [6, 6.07) is 20.2. The van der Waals surface area contributed by atoms with Crippen molar-refractivity contribution < 1.29 is 18.9 Å². The highest BCUT2D eigenvalue weighted by Crippen LogP contribution is 2.37. The van der Waals surface area contributed by atoms with Gasteiger partial charge in [-0.2, -0.15) is 4.98 Å². The number of aromatic nitrogens is 6. The third-order valence-corrected chi connectivity index (χ3v) is 11.1. The van der Waals surface area contributed by atoms with E-state index in [-0.39, 0.29) is 35.2 Å². The Balaban J connectivity index is 0.811. The molecule has 0 radical (unpaired) electrons. The van der Waals surface area contributed by atoms with Gasteiger partial charge in [0.1, 0.15) is 23.8 Å². The third kappa shape index (κ3) is 8.84. The van der Waals surface area contributed by atoms with E-state index in [1.165, 1.54) is 5.56 Å². The average molecular weight is 796 g/mol. The number of nitrogens with zero attached hydrogens (tertiary/aromatic N) is 5. The summed E-state index contributed by atoms with van der Waals surface area (Å²) < 4.78 is 5.23. The van der Waals surface area contributed by atoms with E-state index in [0.717, 1.165) is 82.1 Å². The van der Waals surface area contributed by atoms with Gasteiger partial charge in [-0.05, 0) is 92.1 Å². The third-order valence-electron chi connectivity index (χ3n) is 11.1. The standard InChI is InChI=1S/C44H49N11O4/c1-24-18-27(8-12-32(24)25(2)50-41(58)42-54-43(55-59-42)44(3,4)5)38-33-21-35(52-39(33)49-23-48-38)28-9-14-36(47-22-28)46-17-16-45-31-19-29(20-31)26-6-10-30(11-7-26)51-34-13-15-37(56)53-40(34)57/h6-12,14,18,21-23,25,29,31,34,45,51H,13,15-17,19-20H2,1-5H3,(H,46,47)(H,50,58)(H,48,49,52)(H,53,56,57)/t25-,29?,31?,34?/m1/s1. The van der Waals surface area contributed by atoms with Gasteiger partial charge in [0, 0.05) is 65.1 Å². The van der Waals surface area contributed by atoms with Crippen molar-refractivity contribution in [2.75, 3.05) is 23.7 Å². The molecule has 6 N–H and O–H groups in total. The zero-order chi connectivity index (χ0) is 41.3. The van der Waals surface area contributed by atoms with Crippen LogP contribution in [0.2, 0.25) is 0 Å². The Labute approximate surface area is 342 Å². The summed E-state index contributed by atoms with van der Waals surface area (Å²) >= 11 is 0. The van der Waals surface area contributed by atoms with Gasteiger partial charge in [-0.25, -0.2) is 15.0 Å². The molecular weight excluding hydrogens is 747 g/mol. The van der Waals surface area contributed by atoms with Gasteiger partial charge in [-0.1, -0.05) is 50.2 Å². The minimum Gasteiger partial charge on any atom is -0.374 e. The van der Waals surface area contributed by atoms with Crippen molar-refractivity contribution in [3.05, 3.63) is 102 Å². The summed E-state index contributed by atoms with van der Waals surface area (Å²) in [7, 11) is 0. The van der Waals surface area contributed by atoms with Crippen molar-refractivity contribution in [3.8, 4) is 22.5 Å². The van der Waals surface area contributed by atoms with Crippen LogP contribution in [0.1, 0.15) is 98.5 Å². The molecule has 1 aliphatic carbocycles. The van der Waals surface area contributed by atoms with Gasteiger partial charge >= 0.3 is 11.8 Å². The maximum absolute atomic E-state index is 12.9. The highest BCUT2D eigenvalue weighted by molar-refractivity contribution is 6.01. The number of H-pyrrole nitrogens is 1. The zero-order valence-corrected chi connectivity index (χ0v) is 33.8. The molecule has 0 spiro atoms. The number of amides is 3. The van der Waals surface area contributed by atoms with Crippen molar-refractivity contribution in [1.82, 2.24) is 46.0 Å². The van der Waals surface area contributed by atoms with E-state index < -0.39 is 5.91 Å². The molecule has 1 aliphatic heterocycles. The van der Waals surface area contributed by atoms with Crippen molar-refractivity contribution in [2.45, 2.75) is 89.8 Å². The van der Waals surface area contributed by atoms with Crippen molar-refractivity contribution in [3.63, 3.8) is 0 Å². The van der Waals surface area contributed by atoms with Crippen molar-refractivity contribution in [1.29, 1.82) is 0 Å². The minimum atomic E-state index is -0.416. The highest BCUT2D eigenvalue weighted by Gasteiger charge is 2.30. The number of benzene rings is 2. The van der Waals surface area contributed by atoms with Gasteiger partial charge in [0.05, 0.1) is 11.7 Å². The molecule has 2 atom stereocenters. The van der Waals surface area contributed by atoms with E-state index in [4.69, 9.17) is 4.52 Å². The molecule has 0 bridgehead atoms. The summed E-state index contributed by atoms with van der Waals surface area (Å²) in [4.78, 5) is 57.9. The van der Waals surface area contributed by atoms with Crippen LogP contribution in [0.3, 0.4) is 0 Å². The molecule has 2 aliphatic rings. The predicted molar refractivity (Wildman–Crippen MR) is 225 cm³/mol. The quantitative estimate of drug-likeness (QED) is 0.0561. The number of hydrogen-bond donors (Lipinski definition) is 6. The monoisotopic (exact) mass is 795 g/mol. The minimum absolute atomic E-state index is 0.0547. The Bertz CT molecular complexity index is 2480. The van der Waals surface area contributed by atoms with Crippen LogP contribution < -0.4 is 26.6 Å². The number of imide groups is 1. The SMILES string of the molecule is Cc1cc(-c2ncnc3[nH]c(-c4ccc(NCCNC5CC(c6ccc(NC7CCC(=O)NC7=O)cc6)C5)nc4)cc23)ccc1[C@@H](C)NC(=O)c1nc(C(C)(C)C)no1. The lowest BCUT2D eigenvalue weighted by atomic mass is 9.76. The molecule has 1 unspecified atom stereocenters. The van der Waals surface area contributed by atoms with Crippen molar-refractivity contribution in [2.24, 2.45) is 0 Å². The van der Waals surface area contributed by atoms with Gasteiger partial charge < -0.3 is 30.8 Å². The second-order valence-electron chi connectivity index (χ2n) is 16.6. The van der Waals surface area contributed by atoms with Gasteiger partial charge in [-0.15, -0.1) is 0 Å². The Morgan fingerprint density at radius 3 is 2.47 bits per heavy atom. The summed E-state index contributed by atoms with van der Waals surface area (Å²) in [6.45, 7) is 11.4. The van der Waals surface area contributed by atoms with Crippen LogP contribution in [0.5, 0.6) is 0 Å². The lowest BCUT2D eigenvalue weighted by Gasteiger charge is -2.36. The number of hydrogen-bond acceptors (Lipinski definition) is 12. The maximum Gasteiger partial charge on any atom is 0.315 e. The zero-order valence-electron chi connectivity index (χ0n) is 33.8. The molecular formula is C44H49N11O4. The van der Waals surface area contributed by atoms with E-state index in [2.05, 4.69) is 80.9 Å². The van der Waals surface area contributed by atoms with Gasteiger partial charge in [-0.3, -0.25) is 19.7 Å². The molecule has 6 aromatic rings. The van der Waals surface area contributed by atoms with Crippen LogP contribution in [-0.4, -0.2) is 73.0 Å². The molecule has 15 heteroatoms. The second-order valence-corrected chi connectivity index (χ2v) is 16.6. The van der Waals surface area contributed by atoms with Crippen LogP contribution in [0.25, 0.3) is 33.5 Å². The van der Waals surface area contributed by atoms with Gasteiger partial charge in [0.15, 0.2) is 5.82 Å². The Hall–Kier alpha value is -6.48. The molecule has 4 aromatic heterocycles. The van der Waals surface area contributed by atoms with Crippen LogP contribution in [0, 0.1) is 6.92 Å². The normalized spacial score (nSPS) is 18.6. The number of aryl methyl sites for hydroxylation is 1. The number of fused-ring (bicyclic) bond motifs is 1. The van der Waals surface area contributed by atoms with E-state index in [0.29, 0.717) is 30.6 Å². The molecule has 3 amide bonds. The first kappa shape index (κ1) is 39.4. The second kappa shape index (κ2) is 16.4. The molecule has 5 heterocycles. The van der Waals surface area contributed by atoms with Gasteiger partial charge in [0.2, 0.25) is 11.8 Å². The topological polar surface area (TPSA) is 205 Å². The molecule has 304 valence electrons. The molecule has 15 nitrogen and oxygen atoms in total. The smallest absolute Gasteiger partial charge is 0.315 e. The van der Waals surface area contributed by atoms with E-state index in [9.17, 15) is 14.4 Å². The van der Waals surface area contributed by atoms with Gasteiger partial charge in [0.25, 0.3) is 0 Å². The number of carbonyl (C=O) groups is 3. The summed E-state index contributed by atoms with van der Waals surface area (Å²) in [5, 5.41) is 20.5. The van der Waals surface area contributed by atoms with E-state index in [1.807, 2.05) is 77.2 Å². The number of aromatic amines is 1. The number of pyridine rings is 1. The molecule has 1 saturated heterocycles. The fourth-order valence-corrected chi connectivity index (χ4v) is 7.66. The number of rotatable bonds is 13. The number of carbonyl (C=O) groups excluding carboxylic acids is 3. The first-order valence-electron chi connectivity index (χ1n) is 20.1. The Kier molecular flexibility index (Phi) is 10.9. The van der Waals surface area contributed by atoms with E-state index >= 15 is 0 Å². The Morgan fingerprint density at radius 2 is 1.76 bits per heavy atom. The van der Waals surface area contributed by atoms with Crippen LogP contribution in [-0.2, 0) is 15.0 Å². The van der Waals surface area contributed by atoms with Crippen LogP contribution >= 0.6 is 0 Å². The highest BCUT2D eigenvalue weighted by atomic mass is 16.5. The summed E-state index contributed by atoms with van der Waals surface area (Å²) in [5.74, 6) is 0.853. The summed E-state index contributed by atoms with van der Waals surface area (Å²) in [6.07, 6.45) is 6.44. The molecule has 1 saturated carbocycles. The fourth-order valence-electron chi connectivity index (χ4n) is 7.66. The lowest BCUT2D eigenvalue weighted by molar-refractivity contribution is -0.133. The van der Waals surface area contributed by atoms with Crippen LogP contribution in [0.4, 0.5) is 11.5 Å². The van der Waals surface area contributed by atoms with E-state index in [1.54, 1.807) is 6.33 Å². The number of piperidine rings is 1. The van der Waals surface area contributed by atoms with Crippen molar-refractivity contribution >= 4 is 40.3 Å². The maximum atomic E-state index is 12.9. The largest absolute Gasteiger partial charge is 0.374 e. The predicted octanol–water partition coefficient (Wildman–Crippen LogP) is 6.33. The average Bonchev–Trinajstić information content (AvgIpc) is 3.88. The number of nitrogens with one attached hydrogen (secondary N) is 6. The van der Waals surface area contributed by atoms with Crippen LogP contribution in [0.15, 0.2) is 77.7 Å². The molecule has 59 heavy (non-hydrogen) atoms. The molecule has 2 aromatic carbocycles. The first-order valence-corrected chi connectivity index (χ1v) is 20.1. The molecule has 8 rings (SSSR count). The first-order chi connectivity index (χ1) is 28.4. The summed E-state index contributed by atoms with van der Waals surface area (Å²) in [5.41, 5.74) is 8.13. The Morgan fingerprint density at radius 1 is 0.966 bits per heavy atom. The fraction of sp³-hybridized carbons (Fsp3) is 0.364. The molecule has 2 fully saturated rings.